The minimum Gasteiger partial charge on any atom is -0.380 e. The Hall–Kier alpha value is -0.920. The van der Waals surface area contributed by atoms with Crippen molar-refractivity contribution in [3.63, 3.8) is 0 Å². The second-order valence-electron chi connectivity index (χ2n) is 4.24. The van der Waals surface area contributed by atoms with Gasteiger partial charge in [0.15, 0.2) is 5.03 Å². The molecule has 0 aliphatic carbocycles. The minimum atomic E-state index is -3.52. The van der Waals surface area contributed by atoms with Gasteiger partial charge in [-0.3, -0.25) is 0 Å². The van der Waals surface area contributed by atoms with E-state index in [9.17, 15) is 8.42 Å². The predicted molar refractivity (Wildman–Crippen MR) is 57.4 cm³/mol. The normalized spacial score (nSPS) is 26.8. The quantitative estimate of drug-likeness (QED) is 0.800. The number of sulfonamides is 1. The lowest BCUT2D eigenvalue weighted by Gasteiger charge is -2.33. The van der Waals surface area contributed by atoms with Crippen molar-refractivity contribution in [1.29, 1.82) is 0 Å². The van der Waals surface area contributed by atoms with E-state index in [-0.39, 0.29) is 5.03 Å². The van der Waals surface area contributed by atoms with Crippen molar-refractivity contribution in [3.05, 3.63) is 12.5 Å². The molecule has 0 radical (unpaired) electrons. The lowest BCUT2D eigenvalue weighted by molar-refractivity contribution is 0.0386. The van der Waals surface area contributed by atoms with Gasteiger partial charge in [-0.15, -0.1) is 0 Å². The standard InChI is InChI=1S/C9H15N3O3S/c1-9(3-2-4-15-6-9)12-16(13,14)8-5-10-7-11-8/h5,7,12H,2-4,6H2,1H3,(H,10,11). The van der Waals surface area contributed by atoms with Crippen molar-refractivity contribution in [2.45, 2.75) is 30.3 Å². The number of H-pyrrole nitrogens is 1. The Morgan fingerprint density at radius 1 is 1.62 bits per heavy atom. The summed E-state index contributed by atoms with van der Waals surface area (Å²) in [6, 6.07) is 0. The van der Waals surface area contributed by atoms with Crippen LogP contribution in [0.25, 0.3) is 0 Å². The van der Waals surface area contributed by atoms with E-state index in [1.54, 1.807) is 0 Å². The molecule has 16 heavy (non-hydrogen) atoms. The summed E-state index contributed by atoms with van der Waals surface area (Å²) in [5.41, 5.74) is -0.526. The summed E-state index contributed by atoms with van der Waals surface area (Å²) < 4.78 is 31.8. The minimum absolute atomic E-state index is 0.0827. The third-order valence-corrected chi connectivity index (χ3v) is 4.15. The van der Waals surface area contributed by atoms with Crippen molar-refractivity contribution >= 4 is 10.0 Å². The van der Waals surface area contributed by atoms with Crippen molar-refractivity contribution in [2.75, 3.05) is 13.2 Å². The molecule has 1 fully saturated rings. The molecular formula is C9H15N3O3S. The second-order valence-corrected chi connectivity index (χ2v) is 5.89. The molecule has 6 nitrogen and oxygen atoms in total. The van der Waals surface area contributed by atoms with Gasteiger partial charge in [0.25, 0.3) is 10.0 Å². The van der Waals surface area contributed by atoms with Gasteiger partial charge in [-0.2, -0.15) is 0 Å². The monoisotopic (exact) mass is 245 g/mol. The third-order valence-electron chi connectivity index (χ3n) is 2.58. The number of aromatic amines is 1. The predicted octanol–water partition coefficient (Wildman–Crippen LogP) is 0.257. The Morgan fingerprint density at radius 2 is 2.44 bits per heavy atom. The van der Waals surface area contributed by atoms with Crippen LogP contribution in [0.5, 0.6) is 0 Å². The van der Waals surface area contributed by atoms with Gasteiger partial charge in [0.2, 0.25) is 0 Å². The molecule has 2 N–H and O–H groups in total. The lowest BCUT2D eigenvalue weighted by atomic mass is 9.97. The molecule has 2 rings (SSSR count). The number of imidazole rings is 1. The Morgan fingerprint density at radius 3 is 3.00 bits per heavy atom. The average Bonchev–Trinajstić information content (AvgIpc) is 2.70. The zero-order chi connectivity index (χ0) is 11.6. The number of ether oxygens (including phenoxy) is 1. The van der Waals surface area contributed by atoms with E-state index in [0.29, 0.717) is 13.2 Å². The largest absolute Gasteiger partial charge is 0.380 e. The summed E-state index contributed by atoms with van der Waals surface area (Å²) in [6.45, 7) is 2.95. The summed E-state index contributed by atoms with van der Waals surface area (Å²) in [4.78, 5) is 6.28. The van der Waals surface area contributed by atoms with Crippen LogP contribution >= 0.6 is 0 Å². The maximum absolute atomic E-state index is 11.9. The molecule has 1 aromatic heterocycles. The van der Waals surface area contributed by atoms with E-state index < -0.39 is 15.6 Å². The molecule has 0 aromatic carbocycles. The highest BCUT2D eigenvalue weighted by Crippen LogP contribution is 2.20. The highest BCUT2D eigenvalue weighted by atomic mass is 32.2. The number of hydrogen-bond donors (Lipinski definition) is 2. The molecule has 0 amide bonds. The molecule has 1 unspecified atom stereocenters. The Balaban J connectivity index is 2.14. The van der Waals surface area contributed by atoms with Crippen LogP contribution in [0.2, 0.25) is 0 Å². The molecular weight excluding hydrogens is 230 g/mol. The van der Waals surface area contributed by atoms with Crippen LogP contribution in [0.3, 0.4) is 0 Å². The SMILES string of the molecule is CC1(NS(=O)(=O)c2cnc[nH]2)CCCOC1. The zero-order valence-electron chi connectivity index (χ0n) is 9.06. The maximum Gasteiger partial charge on any atom is 0.258 e. The van der Waals surface area contributed by atoms with E-state index in [2.05, 4.69) is 14.7 Å². The van der Waals surface area contributed by atoms with Gasteiger partial charge in [0.1, 0.15) is 0 Å². The van der Waals surface area contributed by atoms with Crippen LogP contribution in [-0.2, 0) is 14.8 Å². The number of nitrogens with one attached hydrogen (secondary N) is 2. The van der Waals surface area contributed by atoms with Crippen LogP contribution in [0.4, 0.5) is 0 Å². The van der Waals surface area contributed by atoms with E-state index in [4.69, 9.17) is 4.74 Å². The molecule has 0 bridgehead atoms. The van der Waals surface area contributed by atoms with Crippen LogP contribution < -0.4 is 4.72 Å². The van der Waals surface area contributed by atoms with Gasteiger partial charge in [-0.1, -0.05) is 0 Å². The number of nitrogens with zero attached hydrogens (tertiary/aromatic N) is 1. The van der Waals surface area contributed by atoms with Gasteiger partial charge >= 0.3 is 0 Å². The molecule has 1 atom stereocenters. The average molecular weight is 245 g/mol. The van der Waals surface area contributed by atoms with Gasteiger partial charge in [0.05, 0.1) is 24.7 Å². The Kier molecular flexibility index (Phi) is 3.00. The second kappa shape index (κ2) is 4.15. The van der Waals surface area contributed by atoms with Crippen LogP contribution in [-0.4, -0.2) is 37.1 Å². The van der Waals surface area contributed by atoms with Crippen molar-refractivity contribution < 1.29 is 13.2 Å². The fourth-order valence-corrected chi connectivity index (χ4v) is 3.11. The van der Waals surface area contributed by atoms with Gasteiger partial charge in [0, 0.05) is 6.61 Å². The molecule has 1 saturated heterocycles. The van der Waals surface area contributed by atoms with Crippen LogP contribution in [0.1, 0.15) is 19.8 Å². The molecule has 0 saturated carbocycles. The Bertz CT molecular complexity index is 435. The molecule has 0 spiro atoms. The highest BCUT2D eigenvalue weighted by Gasteiger charge is 2.33. The van der Waals surface area contributed by atoms with Crippen molar-refractivity contribution in [3.8, 4) is 0 Å². The summed E-state index contributed by atoms with van der Waals surface area (Å²) >= 11 is 0. The summed E-state index contributed by atoms with van der Waals surface area (Å²) in [5.74, 6) is 0. The van der Waals surface area contributed by atoms with Gasteiger partial charge in [-0.05, 0) is 19.8 Å². The lowest BCUT2D eigenvalue weighted by Crippen LogP contribution is -2.51. The smallest absolute Gasteiger partial charge is 0.258 e. The van der Waals surface area contributed by atoms with Crippen LogP contribution in [0.15, 0.2) is 17.6 Å². The van der Waals surface area contributed by atoms with E-state index in [1.807, 2.05) is 6.92 Å². The van der Waals surface area contributed by atoms with E-state index >= 15 is 0 Å². The van der Waals surface area contributed by atoms with Crippen molar-refractivity contribution in [2.24, 2.45) is 0 Å². The van der Waals surface area contributed by atoms with Gasteiger partial charge < -0.3 is 9.72 Å². The van der Waals surface area contributed by atoms with Crippen LogP contribution in [0, 0.1) is 0 Å². The zero-order valence-corrected chi connectivity index (χ0v) is 9.88. The topological polar surface area (TPSA) is 84.1 Å². The first kappa shape index (κ1) is 11.6. The van der Waals surface area contributed by atoms with E-state index in [1.165, 1.54) is 12.5 Å². The fourth-order valence-electron chi connectivity index (χ4n) is 1.78. The Labute approximate surface area is 94.5 Å². The number of rotatable bonds is 3. The molecule has 7 heteroatoms. The maximum atomic E-state index is 11.9. The molecule has 2 heterocycles. The van der Waals surface area contributed by atoms with Crippen molar-refractivity contribution in [1.82, 2.24) is 14.7 Å². The molecule has 1 aromatic rings. The first-order valence-electron chi connectivity index (χ1n) is 5.12. The first-order chi connectivity index (χ1) is 7.52. The van der Waals surface area contributed by atoms with E-state index in [0.717, 1.165) is 12.8 Å². The number of hydrogen-bond acceptors (Lipinski definition) is 4. The third kappa shape index (κ3) is 2.42. The fraction of sp³-hybridized carbons (Fsp3) is 0.667. The number of aromatic nitrogens is 2. The highest BCUT2D eigenvalue weighted by molar-refractivity contribution is 7.89. The first-order valence-corrected chi connectivity index (χ1v) is 6.60. The molecule has 90 valence electrons. The summed E-state index contributed by atoms with van der Waals surface area (Å²) in [7, 11) is -3.52. The molecule has 1 aliphatic rings. The summed E-state index contributed by atoms with van der Waals surface area (Å²) in [6.07, 6.45) is 4.27. The molecule has 1 aliphatic heterocycles. The van der Waals surface area contributed by atoms with Gasteiger partial charge in [-0.25, -0.2) is 18.1 Å². The summed E-state index contributed by atoms with van der Waals surface area (Å²) in [5, 5.41) is 0.0827.